The fraction of sp³-hybridized carbons (Fsp3) is 0.857. The van der Waals surface area contributed by atoms with Crippen LogP contribution in [0.1, 0.15) is 40.5 Å². The quantitative estimate of drug-likeness (QED) is 0.285. The van der Waals surface area contributed by atoms with Crippen LogP contribution in [0.15, 0.2) is 4.99 Å². The molecule has 0 aromatic carbocycles. The molecule has 6 heteroatoms. The number of halogens is 1. The minimum Gasteiger partial charge on any atom is -0.357 e. The summed E-state index contributed by atoms with van der Waals surface area (Å²) in [4.78, 5) is 18.1. The Morgan fingerprint density at radius 2 is 1.90 bits per heavy atom. The van der Waals surface area contributed by atoms with Gasteiger partial charge in [-0.05, 0) is 13.3 Å². The number of carbonyl (C=O) groups excluding carboxylic acids is 1. The molecule has 0 aliphatic rings. The predicted molar refractivity (Wildman–Crippen MR) is 96.8 cm³/mol. The predicted octanol–water partition coefficient (Wildman–Crippen LogP) is 2.07. The molecule has 2 N–H and O–H groups in total. The summed E-state index contributed by atoms with van der Waals surface area (Å²) in [7, 11) is 2.05. The van der Waals surface area contributed by atoms with Gasteiger partial charge in [0.1, 0.15) is 0 Å². The Balaban J connectivity index is 0. The topological polar surface area (TPSA) is 56.7 Å². The Kier molecular flexibility index (Phi) is 14.6. The fourth-order valence-electron chi connectivity index (χ4n) is 1.52. The monoisotopic (exact) mass is 398 g/mol. The number of amides is 1. The molecule has 120 valence electrons. The molecule has 0 radical (unpaired) electrons. The van der Waals surface area contributed by atoms with Crippen molar-refractivity contribution in [2.24, 2.45) is 10.9 Å². The van der Waals surface area contributed by atoms with Crippen molar-refractivity contribution in [1.29, 1.82) is 0 Å². The van der Waals surface area contributed by atoms with E-state index in [-0.39, 0.29) is 35.8 Å². The highest BCUT2D eigenvalue weighted by Gasteiger charge is 2.06. The van der Waals surface area contributed by atoms with E-state index in [1.54, 1.807) is 0 Å². The smallest absolute Gasteiger partial charge is 0.222 e. The second-order valence-corrected chi connectivity index (χ2v) is 4.96. The summed E-state index contributed by atoms with van der Waals surface area (Å²) >= 11 is 0. The van der Waals surface area contributed by atoms with Crippen LogP contribution in [0, 0.1) is 5.92 Å². The molecule has 0 saturated carbocycles. The van der Waals surface area contributed by atoms with Crippen LogP contribution in [-0.2, 0) is 4.79 Å². The van der Waals surface area contributed by atoms with Crippen molar-refractivity contribution in [3.05, 3.63) is 0 Å². The second-order valence-electron chi connectivity index (χ2n) is 4.96. The van der Waals surface area contributed by atoms with Gasteiger partial charge >= 0.3 is 0 Å². The third-order valence-electron chi connectivity index (χ3n) is 2.74. The molecule has 20 heavy (non-hydrogen) atoms. The third-order valence-corrected chi connectivity index (χ3v) is 2.74. The van der Waals surface area contributed by atoms with Crippen LogP contribution in [0.2, 0.25) is 0 Å². The van der Waals surface area contributed by atoms with Gasteiger partial charge in [0.15, 0.2) is 5.96 Å². The molecule has 0 rings (SSSR count). The van der Waals surface area contributed by atoms with Gasteiger partial charge in [0, 0.05) is 32.6 Å². The Labute approximate surface area is 141 Å². The Hall–Kier alpha value is -0.530. The van der Waals surface area contributed by atoms with E-state index >= 15 is 0 Å². The van der Waals surface area contributed by atoms with Gasteiger partial charge in [-0.3, -0.25) is 9.79 Å². The molecule has 1 amide bonds. The first-order valence-corrected chi connectivity index (χ1v) is 7.30. The van der Waals surface area contributed by atoms with Crippen LogP contribution >= 0.6 is 24.0 Å². The number of hydrogen-bond donors (Lipinski definition) is 2. The molecule has 0 unspecified atom stereocenters. The van der Waals surface area contributed by atoms with Crippen LogP contribution in [-0.4, -0.2) is 50.0 Å². The summed E-state index contributed by atoms with van der Waals surface area (Å²) in [5, 5.41) is 6.13. The summed E-state index contributed by atoms with van der Waals surface area (Å²) in [6.45, 7) is 11.1. The van der Waals surface area contributed by atoms with Gasteiger partial charge in [0.25, 0.3) is 0 Å². The van der Waals surface area contributed by atoms with Crippen LogP contribution in [0.25, 0.3) is 0 Å². The first-order chi connectivity index (χ1) is 9.02. The van der Waals surface area contributed by atoms with Gasteiger partial charge in [-0.15, -0.1) is 24.0 Å². The van der Waals surface area contributed by atoms with Crippen molar-refractivity contribution in [1.82, 2.24) is 15.5 Å². The van der Waals surface area contributed by atoms with E-state index in [0.717, 1.165) is 25.5 Å². The minimum atomic E-state index is 0. The molecule has 0 aromatic heterocycles. The van der Waals surface area contributed by atoms with E-state index in [4.69, 9.17) is 0 Å². The average molecular weight is 398 g/mol. The van der Waals surface area contributed by atoms with Gasteiger partial charge < -0.3 is 15.5 Å². The molecule has 5 nitrogen and oxygen atoms in total. The number of carbonyl (C=O) groups is 1. The maximum atomic E-state index is 11.4. The van der Waals surface area contributed by atoms with Gasteiger partial charge in [-0.25, -0.2) is 0 Å². The van der Waals surface area contributed by atoms with Gasteiger partial charge in [0.2, 0.25) is 5.91 Å². The van der Waals surface area contributed by atoms with Crippen molar-refractivity contribution < 1.29 is 4.79 Å². The number of hydrogen-bond acceptors (Lipinski definition) is 2. The number of aliphatic imine (C=N–C) groups is 1. The summed E-state index contributed by atoms with van der Waals surface area (Å²) in [6, 6.07) is 0. The maximum absolute atomic E-state index is 11.4. The second kappa shape index (κ2) is 13.5. The lowest BCUT2D eigenvalue weighted by atomic mass is 10.2. The summed E-state index contributed by atoms with van der Waals surface area (Å²) in [5.74, 6) is 1.03. The molecular formula is C14H31IN4O. The fourth-order valence-corrected chi connectivity index (χ4v) is 1.52. The number of guanidine groups is 1. The molecule has 0 heterocycles. The molecule has 0 saturated heterocycles. The lowest BCUT2D eigenvalue weighted by Crippen LogP contribution is -2.40. The molecule has 0 atom stereocenters. The molecule has 0 aromatic rings. The number of nitrogens with one attached hydrogen (secondary N) is 2. The van der Waals surface area contributed by atoms with Crippen molar-refractivity contribution in [2.45, 2.75) is 40.5 Å². The van der Waals surface area contributed by atoms with E-state index in [0.29, 0.717) is 13.1 Å². The minimum absolute atomic E-state index is 0. The molecule has 0 aliphatic carbocycles. The van der Waals surface area contributed by atoms with E-state index in [1.807, 2.05) is 20.9 Å². The highest BCUT2D eigenvalue weighted by molar-refractivity contribution is 14.0. The summed E-state index contributed by atoms with van der Waals surface area (Å²) < 4.78 is 0. The van der Waals surface area contributed by atoms with Crippen LogP contribution < -0.4 is 10.6 Å². The number of unbranched alkanes of at least 4 members (excludes halogenated alkanes) is 1. The van der Waals surface area contributed by atoms with Crippen molar-refractivity contribution in [2.75, 3.05) is 33.2 Å². The van der Waals surface area contributed by atoms with Gasteiger partial charge in [-0.1, -0.05) is 27.2 Å². The maximum Gasteiger partial charge on any atom is 0.222 e. The Bertz CT molecular complexity index is 282. The van der Waals surface area contributed by atoms with E-state index in [9.17, 15) is 4.79 Å². The van der Waals surface area contributed by atoms with Crippen LogP contribution in [0.4, 0.5) is 0 Å². The van der Waals surface area contributed by atoms with Gasteiger partial charge in [-0.2, -0.15) is 0 Å². The van der Waals surface area contributed by atoms with E-state index < -0.39 is 0 Å². The summed E-state index contributed by atoms with van der Waals surface area (Å²) in [5.41, 5.74) is 0. The highest BCUT2D eigenvalue weighted by Crippen LogP contribution is 1.93. The summed E-state index contributed by atoms with van der Waals surface area (Å²) in [6.07, 6.45) is 2.33. The number of rotatable bonds is 8. The first-order valence-electron chi connectivity index (χ1n) is 7.30. The molecule has 0 spiro atoms. The Morgan fingerprint density at radius 3 is 2.40 bits per heavy atom. The number of nitrogens with zero attached hydrogens (tertiary/aromatic N) is 2. The third kappa shape index (κ3) is 10.3. The van der Waals surface area contributed by atoms with Crippen molar-refractivity contribution in [3.63, 3.8) is 0 Å². The molecular weight excluding hydrogens is 367 g/mol. The molecule has 0 bridgehead atoms. The SMILES string of the molecule is CCCCN(C)C(=NCCNC(=O)C(C)C)NCC.I. The van der Waals surface area contributed by atoms with Crippen LogP contribution in [0.3, 0.4) is 0 Å². The lowest BCUT2D eigenvalue weighted by molar-refractivity contribution is -0.123. The Morgan fingerprint density at radius 1 is 1.25 bits per heavy atom. The van der Waals surface area contributed by atoms with Crippen LogP contribution in [0.5, 0.6) is 0 Å². The largest absolute Gasteiger partial charge is 0.357 e. The first kappa shape index (κ1) is 21.8. The normalized spacial score (nSPS) is 11.0. The zero-order valence-electron chi connectivity index (χ0n) is 13.5. The van der Waals surface area contributed by atoms with Gasteiger partial charge in [0.05, 0.1) is 6.54 Å². The zero-order valence-corrected chi connectivity index (χ0v) is 15.9. The molecule has 0 fully saturated rings. The lowest BCUT2D eigenvalue weighted by Gasteiger charge is -2.21. The zero-order chi connectivity index (χ0) is 14.7. The van der Waals surface area contributed by atoms with Crippen molar-refractivity contribution >= 4 is 35.8 Å². The van der Waals surface area contributed by atoms with E-state index in [1.165, 1.54) is 6.42 Å². The van der Waals surface area contributed by atoms with Crippen molar-refractivity contribution in [3.8, 4) is 0 Å². The van der Waals surface area contributed by atoms with E-state index in [2.05, 4.69) is 34.4 Å². The standard InChI is InChI=1S/C14H30N4O.HI/c1-6-8-11-18(5)14(15-7-2)17-10-9-16-13(19)12(3)4;/h12H,6-11H2,1-5H3,(H,15,17)(H,16,19);1H. The molecule has 0 aliphatic heterocycles. The highest BCUT2D eigenvalue weighted by atomic mass is 127. The average Bonchev–Trinajstić information content (AvgIpc) is 2.38.